The Morgan fingerprint density at radius 2 is 2.05 bits per heavy atom. The van der Waals surface area contributed by atoms with Crippen LogP contribution in [0.3, 0.4) is 0 Å². The Labute approximate surface area is 124 Å². The van der Waals surface area contributed by atoms with Crippen LogP contribution in [0.15, 0.2) is 4.90 Å². The number of aromatic amines is 1. The molecule has 0 aromatic carbocycles. The second-order valence-corrected chi connectivity index (χ2v) is 6.38. The molecule has 0 radical (unpaired) electrons. The Morgan fingerprint density at radius 3 is 2.57 bits per heavy atom. The van der Waals surface area contributed by atoms with Crippen LogP contribution >= 0.6 is 0 Å². The zero-order valence-electron chi connectivity index (χ0n) is 12.4. The minimum absolute atomic E-state index is 0.0178. The van der Waals surface area contributed by atoms with Crippen LogP contribution in [0.5, 0.6) is 0 Å². The Hall–Kier alpha value is -1.45. The van der Waals surface area contributed by atoms with Crippen LogP contribution in [0.2, 0.25) is 0 Å². The molecule has 1 aromatic rings. The molecule has 1 heterocycles. The predicted molar refractivity (Wildman–Crippen MR) is 75.3 cm³/mol. The average Bonchev–Trinajstić information content (AvgIpc) is 2.81. The number of aryl methyl sites for hydroxylation is 1. The molecule has 1 rings (SSSR count). The van der Waals surface area contributed by atoms with E-state index in [0.717, 1.165) is 0 Å². The van der Waals surface area contributed by atoms with E-state index >= 15 is 0 Å². The Morgan fingerprint density at radius 1 is 1.38 bits per heavy atom. The van der Waals surface area contributed by atoms with E-state index in [9.17, 15) is 13.2 Å². The SMILES string of the molecule is CCc1[nH]nc(C(=O)OCCOCC(C)C)c1S(N)(=O)=O. The quantitative estimate of drug-likeness (QED) is 0.529. The summed E-state index contributed by atoms with van der Waals surface area (Å²) in [6, 6.07) is 0. The van der Waals surface area contributed by atoms with Gasteiger partial charge >= 0.3 is 5.97 Å². The molecular formula is C12H21N3O5S. The molecule has 3 N–H and O–H groups in total. The summed E-state index contributed by atoms with van der Waals surface area (Å²) in [5.74, 6) is -0.462. The standard InChI is InChI=1S/C12H21N3O5S/c1-4-9-11(21(13,17)18)10(15-14-9)12(16)20-6-5-19-7-8(2)3/h8H,4-7H2,1-3H3,(H,14,15)(H2,13,17,18). The highest BCUT2D eigenvalue weighted by Crippen LogP contribution is 2.18. The highest BCUT2D eigenvalue weighted by Gasteiger charge is 2.27. The molecule has 0 atom stereocenters. The number of ether oxygens (including phenoxy) is 2. The molecule has 0 fully saturated rings. The number of nitrogens with two attached hydrogens (primary N) is 1. The number of primary sulfonamides is 1. The first-order chi connectivity index (χ1) is 9.77. The third kappa shape index (κ3) is 5.10. The summed E-state index contributed by atoms with van der Waals surface area (Å²) in [6.45, 7) is 6.53. The van der Waals surface area contributed by atoms with Crippen molar-refractivity contribution in [1.82, 2.24) is 10.2 Å². The predicted octanol–water partition coefficient (Wildman–Crippen LogP) is 0.449. The molecule has 0 saturated carbocycles. The van der Waals surface area contributed by atoms with E-state index < -0.39 is 16.0 Å². The molecule has 0 bridgehead atoms. The average molecular weight is 319 g/mol. The van der Waals surface area contributed by atoms with Crippen molar-refractivity contribution < 1.29 is 22.7 Å². The van der Waals surface area contributed by atoms with Gasteiger partial charge in [0.15, 0.2) is 5.69 Å². The van der Waals surface area contributed by atoms with Crippen molar-refractivity contribution in [3.05, 3.63) is 11.4 Å². The topological polar surface area (TPSA) is 124 Å². The van der Waals surface area contributed by atoms with Gasteiger partial charge < -0.3 is 9.47 Å². The van der Waals surface area contributed by atoms with E-state index in [1.54, 1.807) is 6.92 Å². The molecular weight excluding hydrogens is 298 g/mol. The van der Waals surface area contributed by atoms with Crippen LogP contribution in [0.1, 0.15) is 37.0 Å². The lowest BCUT2D eigenvalue weighted by Crippen LogP contribution is -2.19. The van der Waals surface area contributed by atoms with Gasteiger partial charge in [-0.15, -0.1) is 0 Å². The maximum Gasteiger partial charge on any atom is 0.360 e. The summed E-state index contributed by atoms with van der Waals surface area (Å²) in [6.07, 6.45) is 0.351. The van der Waals surface area contributed by atoms with Crippen molar-refractivity contribution in [1.29, 1.82) is 0 Å². The van der Waals surface area contributed by atoms with E-state index in [2.05, 4.69) is 10.2 Å². The normalized spacial score (nSPS) is 11.9. The number of nitrogens with one attached hydrogen (secondary N) is 1. The van der Waals surface area contributed by atoms with Crippen LogP contribution in [0, 0.1) is 5.92 Å². The molecule has 0 unspecified atom stereocenters. The largest absolute Gasteiger partial charge is 0.458 e. The number of rotatable bonds is 8. The van der Waals surface area contributed by atoms with Crippen molar-refractivity contribution in [3.8, 4) is 0 Å². The second kappa shape index (κ2) is 7.53. The van der Waals surface area contributed by atoms with Gasteiger partial charge in [0.25, 0.3) is 0 Å². The van der Waals surface area contributed by atoms with E-state index in [0.29, 0.717) is 18.9 Å². The van der Waals surface area contributed by atoms with Crippen LogP contribution < -0.4 is 5.14 Å². The van der Waals surface area contributed by atoms with Crippen LogP contribution in [0.4, 0.5) is 0 Å². The van der Waals surface area contributed by atoms with E-state index in [1.807, 2.05) is 13.8 Å². The summed E-state index contributed by atoms with van der Waals surface area (Å²) < 4.78 is 33.3. The van der Waals surface area contributed by atoms with Gasteiger partial charge in [-0.2, -0.15) is 5.10 Å². The lowest BCUT2D eigenvalue weighted by Gasteiger charge is -2.07. The molecule has 8 nitrogen and oxygen atoms in total. The number of aromatic nitrogens is 2. The van der Waals surface area contributed by atoms with Gasteiger partial charge in [-0.05, 0) is 12.3 Å². The van der Waals surface area contributed by atoms with Gasteiger partial charge in [0.05, 0.1) is 12.3 Å². The number of hydrogen-bond acceptors (Lipinski definition) is 6. The number of esters is 1. The van der Waals surface area contributed by atoms with Gasteiger partial charge in [0, 0.05) is 6.61 Å². The number of hydrogen-bond donors (Lipinski definition) is 2. The number of carbonyl (C=O) groups is 1. The maximum atomic E-state index is 11.9. The molecule has 0 spiro atoms. The lowest BCUT2D eigenvalue weighted by molar-refractivity contribution is 0.0269. The van der Waals surface area contributed by atoms with Crippen molar-refractivity contribution in [2.75, 3.05) is 19.8 Å². The van der Waals surface area contributed by atoms with E-state index in [4.69, 9.17) is 14.6 Å². The number of carbonyl (C=O) groups excluding carboxylic acids is 1. The monoisotopic (exact) mass is 319 g/mol. The molecule has 0 aliphatic rings. The van der Waals surface area contributed by atoms with E-state index in [1.165, 1.54) is 0 Å². The number of H-pyrrole nitrogens is 1. The van der Waals surface area contributed by atoms with Crippen molar-refractivity contribution in [2.24, 2.45) is 11.1 Å². The third-order valence-electron chi connectivity index (χ3n) is 2.54. The van der Waals surface area contributed by atoms with Gasteiger partial charge in [0.1, 0.15) is 11.5 Å². The minimum Gasteiger partial charge on any atom is -0.458 e. The number of sulfonamides is 1. The molecule has 9 heteroatoms. The molecule has 0 aliphatic heterocycles. The summed E-state index contributed by atoms with van der Waals surface area (Å²) in [5, 5.41) is 11.3. The minimum atomic E-state index is -4.05. The zero-order valence-corrected chi connectivity index (χ0v) is 13.2. The molecule has 120 valence electrons. The Balaban J connectivity index is 2.69. The summed E-state index contributed by atoms with van der Waals surface area (Å²) in [7, 11) is -4.05. The van der Waals surface area contributed by atoms with E-state index in [-0.39, 0.29) is 29.5 Å². The van der Waals surface area contributed by atoms with Gasteiger partial charge in [-0.25, -0.2) is 18.4 Å². The molecule has 0 amide bonds. The summed E-state index contributed by atoms with van der Waals surface area (Å²) in [4.78, 5) is 11.6. The van der Waals surface area contributed by atoms with Crippen LogP contribution in [0.25, 0.3) is 0 Å². The zero-order chi connectivity index (χ0) is 16.0. The van der Waals surface area contributed by atoms with Gasteiger partial charge in [0.2, 0.25) is 10.0 Å². The first kappa shape index (κ1) is 17.6. The first-order valence-corrected chi connectivity index (χ1v) is 8.16. The van der Waals surface area contributed by atoms with Gasteiger partial charge in [-0.1, -0.05) is 20.8 Å². The van der Waals surface area contributed by atoms with Gasteiger partial charge in [-0.3, -0.25) is 5.10 Å². The lowest BCUT2D eigenvalue weighted by atomic mass is 10.2. The fourth-order valence-corrected chi connectivity index (χ4v) is 2.56. The van der Waals surface area contributed by atoms with Crippen LogP contribution in [-0.4, -0.2) is 44.4 Å². The maximum absolute atomic E-state index is 11.9. The first-order valence-electron chi connectivity index (χ1n) is 6.62. The third-order valence-corrected chi connectivity index (χ3v) is 3.54. The Kier molecular flexibility index (Phi) is 6.31. The fraction of sp³-hybridized carbons (Fsp3) is 0.667. The fourth-order valence-electron chi connectivity index (χ4n) is 1.63. The van der Waals surface area contributed by atoms with Crippen molar-refractivity contribution in [2.45, 2.75) is 32.1 Å². The van der Waals surface area contributed by atoms with Crippen LogP contribution in [-0.2, 0) is 25.9 Å². The second-order valence-electron chi connectivity index (χ2n) is 4.88. The number of nitrogens with zero attached hydrogens (tertiary/aromatic N) is 1. The highest BCUT2D eigenvalue weighted by molar-refractivity contribution is 7.89. The van der Waals surface area contributed by atoms with Crippen molar-refractivity contribution >= 4 is 16.0 Å². The summed E-state index contributed by atoms with van der Waals surface area (Å²) >= 11 is 0. The molecule has 1 aromatic heterocycles. The Bertz CT molecular complexity index is 580. The molecule has 0 aliphatic carbocycles. The highest BCUT2D eigenvalue weighted by atomic mass is 32.2. The smallest absolute Gasteiger partial charge is 0.360 e. The summed E-state index contributed by atoms with van der Waals surface area (Å²) in [5.41, 5.74) is -0.0429. The van der Waals surface area contributed by atoms with Crippen molar-refractivity contribution in [3.63, 3.8) is 0 Å². The molecule has 0 saturated heterocycles. The molecule has 21 heavy (non-hydrogen) atoms.